The Balaban J connectivity index is 2.16. The molecule has 2 aromatic rings. The highest BCUT2D eigenvalue weighted by Crippen LogP contribution is 2.29. The van der Waals surface area contributed by atoms with Crippen LogP contribution in [0.3, 0.4) is 0 Å². The first-order valence-corrected chi connectivity index (χ1v) is 7.10. The molecule has 0 aromatic heterocycles. The van der Waals surface area contributed by atoms with Gasteiger partial charge in [0.2, 0.25) is 0 Å². The quantitative estimate of drug-likeness (QED) is 0.629. The van der Waals surface area contributed by atoms with Gasteiger partial charge in [-0.05, 0) is 30.2 Å². The Morgan fingerprint density at radius 2 is 1.67 bits per heavy atom. The summed E-state index contributed by atoms with van der Waals surface area (Å²) < 4.78 is 27.4. The molecule has 0 aliphatic rings. The molecule has 0 amide bonds. The zero-order chi connectivity index (χ0) is 13.1. The van der Waals surface area contributed by atoms with E-state index in [4.69, 9.17) is 0 Å². The summed E-state index contributed by atoms with van der Waals surface area (Å²) in [5.41, 5.74) is 1.56. The molecule has 4 heteroatoms. The van der Waals surface area contributed by atoms with Crippen molar-refractivity contribution >= 4 is 31.9 Å². The van der Waals surface area contributed by atoms with Gasteiger partial charge in [-0.25, -0.2) is 8.78 Å². The van der Waals surface area contributed by atoms with Crippen LogP contribution in [-0.4, -0.2) is 0 Å². The topological polar surface area (TPSA) is 0 Å². The lowest BCUT2D eigenvalue weighted by Gasteiger charge is -2.11. The summed E-state index contributed by atoms with van der Waals surface area (Å²) in [6, 6.07) is 11.5. The molecule has 0 N–H and O–H groups in total. The second kappa shape index (κ2) is 5.93. The van der Waals surface area contributed by atoms with Crippen LogP contribution in [0.5, 0.6) is 0 Å². The molecule has 0 spiro atoms. The van der Waals surface area contributed by atoms with Crippen molar-refractivity contribution in [3.63, 3.8) is 0 Å². The third-order valence-corrected chi connectivity index (χ3v) is 3.97. The molecule has 2 rings (SSSR count). The van der Waals surface area contributed by atoms with Crippen LogP contribution in [0.2, 0.25) is 0 Å². The van der Waals surface area contributed by atoms with Crippen molar-refractivity contribution < 1.29 is 8.78 Å². The Bertz CT molecular complexity index is 538. The van der Waals surface area contributed by atoms with Crippen LogP contribution in [0.15, 0.2) is 46.9 Å². The summed E-state index contributed by atoms with van der Waals surface area (Å²) in [6.45, 7) is 0. The van der Waals surface area contributed by atoms with Crippen LogP contribution in [0.25, 0.3) is 0 Å². The van der Waals surface area contributed by atoms with Crippen molar-refractivity contribution in [3.8, 4) is 0 Å². The van der Waals surface area contributed by atoms with Crippen LogP contribution in [0.1, 0.15) is 16.0 Å². The second-order valence-electron chi connectivity index (χ2n) is 3.96. The molecular weight excluding hydrogens is 366 g/mol. The minimum Gasteiger partial charge on any atom is -0.207 e. The summed E-state index contributed by atoms with van der Waals surface area (Å²) in [6.07, 6.45) is 0.649. The van der Waals surface area contributed by atoms with Crippen molar-refractivity contribution in [1.29, 1.82) is 0 Å². The molecule has 1 unspecified atom stereocenters. The Hall–Kier alpha value is -0.740. The molecule has 0 fully saturated rings. The Morgan fingerprint density at radius 3 is 2.28 bits per heavy atom. The molecule has 1 atom stereocenters. The molecule has 94 valence electrons. The number of benzene rings is 2. The molecule has 18 heavy (non-hydrogen) atoms. The molecule has 0 saturated heterocycles. The van der Waals surface area contributed by atoms with Crippen molar-refractivity contribution in [1.82, 2.24) is 0 Å². The van der Waals surface area contributed by atoms with Crippen molar-refractivity contribution in [2.45, 2.75) is 11.2 Å². The van der Waals surface area contributed by atoms with Gasteiger partial charge in [0.15, 0.2) is 0 Å². The van der Waals surface area contributed by atoms with Gasteiger partial charge in [-0.1, -0.05) is 50.1 Å². The number of rotatable bonds is 3. The normalized spacial score (nSPS) is 12.4. The van der Waals surface area contributed by atoms with Gasteiger partial charge in [0.1, 0.15) is 11.6 Å². The highest BCUT2D eigenvalue weighted by atomic mass is 79.9. The number of halogens is 4. The largest absolute Gasteiger partial charge is 0.207 e. The van der Waals surface area contributed by atoms with Crippen LogP contribution >= 0.6 is 31.9 Å². The van der Waals surface area contributed by atoms with E-state index in [0.717, 1.165) is 16.1 Å². The highest BCUT2D eigenvalue weighted by molar-refractivity contribution is 9.10. The standard InChI is InChI=1S/C14H10Br2F2/c15-10-3-1-9(2-4-10)7-13(16)12-6-5-11(17)8-14(12)18/h1-6,8,13H,7H2. The third-order valence-electron chi connectivity index (χ3n) is 2.63. The summed E-state index contributed by atoms with van der Waals surface area (Å²) >= 11 is 6.81. The molecule has 0 radical (unpaired) electrons. The Labute approximate surface area is 121 Å². The lowest BCUT2D eigenvalue weighted by Crippen LogP contribution is -1.99. The fourth-order valence-corrected chi connectivity index (χ4v) is 2.70. The van der Waals surface area contributed by atoms with E-state index in [1.54, 1.807) is 0 Å². The van der Waals surface area contributed by atoms with E-state index in [-0.39, 0.29) is 4.83 Å². The maximum absolute atomic E-state index is 13.6. The van der Waals surface area contributed by atoms with Gasteiger partial charge in [0.25, 0.3) is 0 Å². The minimum atomic E-state index is -0.556. The molecule has 2 aromatic carbocycles. The molecule has 0 bridgehead atoms. The molecule has 0 heterocycles. The minimum absolute atomic E-state index is 0.167. The first-order valence-electron chi connectivity index (χ1n) is 5.40. The summed E-state index contributed by atoms with van der Waals surface area (Å²) in [4.78, 5) is -0.167. The van der Waals surface area contributed by atoms with Gasteiger partial charge in [-0.15, -0.1) is 0 Å². The first kappa shape index (κ1) is 13.7. The third kappa shape index (κ3) is 3.39. The van der Waals surface area contributed by atoms with E-state index in [2.05, 4.69) is 31.9 Å². The zero-order valence-corrected chi connectivity index (χ0v) is 12.5. The fraction of sp³-hybridized carbons (Fsp3) is 0.143. The van der Waals surface area contributed by atoms with Gasteiger partial charge in [-0.3, -0.25) is 0 Å². The number of hydrogen-bond acceptors (Lipinski definition) is 0. The average molecular weight is 376 g/mol. The molecule has 0 aliphatic heterocycles. The zero-order valence-electron chi connectivity index (χ0n) is 9.34. The maximum atomic E-state index is 13.6. The van der Waals surface area contributed by atoms with Crippen molar-refractivity contribution in [2.75, 3.05) is 0 Å². The summed E-state index contributed by atoms with van der Waals surface area (Å²) in [5.74, 6) is -1.08. The van der Waals surface area contributed by atoms with Crippen LogP contribution in [0, 0.1) is 11.6 Å². The summed E-state index contributed by atoms with van der Waals surface area (Å²) in [5, 5.41) is 0. The van der Waals surface area contributed by atoms with E-state index >= 15 is 0 Å². The number of alkyl halides is 1. The van der Waals surface area contributed by atoms with E-state index < -0.39 is 11.6 Å². The van der Waals surface area contributed by atoms with Gasteiger partial charge < -0.3 is 0 Å². The Kier molecular flexibility index (Phi) is 4.51. The van der Waals surface area contributed by atoms with E-state index in [1.807, 2.05) is 24.3 Å². The van der Waals surface area contributed by atoms with Gasteiger partial charge >= 0.3 is 0 Å². The van der Waals surface area contributed by atoms with Crippen LogP contribution < -0.4 is 0 Å². The van der Waals surface area contributed by atoms with Crippen LogP contribution in [0.4, 0.5) is 8.78 Å². The smallest absolute Gasteiger partial charge is 0.130 e. The van der Waals surface area contributed by atoms with Crippen molar-refractivity contribution in [3.05, 3.63) is 69.7 Å². The average Bonchev–Trinajstić information content (AvgIpc) is 2.32. The predicted molar refractivity (Wildman–Crippen MR) is 75.9 cm³/mol. The molecule has 0 aliphatic carbocycles. The maximum Gasteiger partial charge on any atom is 0.130 e. The van der Waals surface area contributed by atoms with E-state index in [1.165, 1.54) is 12.1 Å². The van der Waals surface area contributed by atoms with Crippen LogP contribution in [-0.2, 0) is 6.42 Å². The van der Waals surface area contributed by atoms with Gasteiger partial charge in [0.05, 0.1) is 0 Å². The molecule has 0 saturated carbocycles. The van der Waals surface area contributed by atoms with E-state index in [0.29, 0.717) is 12.0 Å². The SMILES string of the molecule is Fc1ccc(C(Br)Cc2ccc(Br)cc2)c(F)c1. The summed E-state index contributed by atoms with van der Waals surface area (Å²) in [7, 11) is 0. The Morgan fingerprint density at radius 1 is 1.00 bits per heavy atom. The van der Waals surface area contributed by atoms with Gasteiger partial charge in [0, 0.05) is 20.9 Å². The highest BCUT2D eigenvalue weighted by Gasteiger charge is 2.13. The van der Waals surface area contributed by atoms with Gasteiger partial charge in [-0.2, -0.15) is 0 Å². The number of hydrogen-bond donors (Lipinski definition) is 0. The monoisotopic (exact) mass is 374 g/mol. The first-order chi connectivity index (χ1) is 8.56. The van der Waals surface area contributed by atoms with E-state index in [9.17, 15) is 8.78 Å². The molecular formula is C14H10Br2F2. The van der Waals surface area contributed by atoms with Crippen molar-refractivity contribution in [2.24, 2.45) is 0 Å². The predicted octanol–water partition coefficient (Wildman–Crippen LogP) is 5.41. The second-order valence-corrected chi connectivity index (χ2v) is 5.98. The molecule has 0 nitrogen and oxygen atoms in total. The lowest BCUT2D eigenvalue weighted by atomic mass is 10.0. The fourth-order valence-electron chi connectivity index (χ4n) is 1.69. The lowest BCUT2D eigenvalue weighted by molar-refractivity contribution is 0.571.